The highest BCUT2D eigenvalue weighted by Gasteiger charge is 2.44. The molecule has 3 aliphatic heterocycles. The summed E-state index contributed by atoms with van der Waals surface area (Å²) in [5.74, 6) is 0.936. The zero-order valence-electron chi connectivity index (χ0n) is 27.2. The molecule has 1 aromatic heterocycles. The summed E-state index contributed by atoms with van der Waals surface area (Å²) in [6.45, 7) is 9.57. The molecule has 2 amide bonds. The molecule has 0 radical (unpaired) electrons. The standard InChI is InChI=1S/C35H44N6O4S/c1-25-32(26(2)37-24-36-25)34(43)41-22-28-20-39(21-29(28)23-41)17-14-35(30-8-6-5-7-9-30)15-18-40(19-16-35)33(42)27-10-12-31(13-11-27)46(44,45)38(3)4/h5-13,24,28-29H,14-23H2,1-4H3. The highest BCUT2D eigenvalue weighted by Crippen LogP contribution is 2.40. The van der Waals surface area contributed by atoms with E-state index >= 15 is 0 Å². The van der Waals surface area contributed by atoms with Gasteiger partial charge in [-0.1, -0.05) is 30.3 Å². The molecule has 3 fully saturated rings. The smallest absolute Gasteiger partial charge is 0.257 e. The Balaban J connectivity index is 1.07. The van der Waals surface area contributed by atoms with Crippen LogP contribution in [0, 0.1) is 25.7 Å². The first kappa shape index (κ1) is 32.3. The monoisotopic (exact) mass is 644 g/mol. The lowest BCUT2D eigenvalue weighted by molar-refractivity contribution is 0.0650. The second-order valence-corrected chi connectivity index (χ2v) is 15.6. The Morgan fingerprint density at radius 2 is 1.41 bits per heavy atom. The van der Waals surface area contributed by atoms with Crippen LogP contribution in [0.4, 0.5) is 0 Å². The van der Waals surface area contributed by atoms with E-state index < -0.39 is 10.0 Å². The molecule has 11 heteroatoms. The first-order valence-corrected chi connectivity index (χ1v) is 17.6. The molecule has 3 aliphatic rings. The van der Waals surface area contributed by atoms with E-state index in [9.17, 15) is 18.0 Å². The molecular weight excluding hydrogens is 600 g/mol. The second kappa shape index (κ2) is 12.8. The summed E-state index contributed by atoms with van der Waals surface area (Å²) in [6, 6.07) is 17.0. The number of fused-ring (bicyclic) bond motifs is 1. The summed E-state index contributed by atoms with van der Waals surface area (Å²) in [5, 5.41) is 0. The van der Waals surface area contributed by atoms with Gasteiger partial charge in [0.2, 0.25) is 10.0 Å². The molecule has 244 valence electrons. The zero-order valence-corrected chi connectivity index (χ0v) is 28.0. The highest BCUT2D eigenvalue weighted by molar-refractivity contribution is 7.89. The third kappa shape index (κ3) is 6.20. The summed E-state index contributed by atoms with van der Waals surface area (Å²) < 4.78 is 26.1. The van der Waals surface area contributed by atoms with Gasteiger partial charge in [0.1, 0.15) is 6.33 Å². The topological polar surface area (TPSA) is 107 Å². The quantitative estimate of drug-likeness (QED) is 0.369. The fourth-order valence-electron chi connectivity index (χ4n) is 7.65. The van der Waals surface area contributed by atoms with Crippen molar-refractivity contribution in [2.45, 2.75) is 43.4 Å². The van der Waals surface area contributed by atoms with Crippen molar-refractivity contribution in [1.82, 2.24) is 29.0 Å². The molecule has 0 bridgehead atoms. The van der Waals surface area contributed by atoms with Gasteiger partial charge in [-0.2, -0.15) is 0 Å². The van der Waals surface area contributed by atoms with Gasteiger partial charge in [-0.25, -0.2) is 22.7 Å². The Labute approximate surface area is 272 Å². The number of carbonyl (C=O) groups is 2. The third-order valence-electron chi connectivity index (χ3n) is 10.5. The van der Waals surface area contributed by atoms with Crippen molar-refractivity contribution < 1.29 is 18.0 Å². The number of aryl methyl sites for hydroxylation is 2. The van der Waals surface area contributed by atoms with E-state index in [0.29, 0.717) is 36.1 Å². The fraction of sp³-hybridized carbons (Fsp3) is 0.486. The van der Waals surface area contributed by atoms with Gasteiger partial charge >= 0.3 is 0 Å². The summed E-state index contributed by atoms with van der Waals surface area (Å²) >= 11 is 0. The van der Waals surface area contributed by atoms with Gasteiger partial charge in [-0.15, -0.1) is 0 Å². The van der Waals surface area contributed by atoms with E-state index in [0.717, 1.165) is 63.4 Å². The number of benzene rings is 2. The molecule has 0 spiro atoms. The van der Waals surface area contributed by atoms with Gasteiger partial charge in [0.25, 0.3) is 11.8 Å². The van der Waals surface area contributed by atoms with Crippen LogP contribution in [-0.4, -0.2) is 109 Å². The molecule has 10 nitrogen and oxygen atoms in total. The van der Waals surface area contributed by atoms with Gasteiger partial charge in [-0.05, 0) is 86.7 Å². The van der Waals surface area contributed by atoms with Gasteiger partial charge < -0.3 is 14.7 Å². The van der Waals surface area contributed by atoms with E-state index in [1.165, 1.54) is 42.4 Å². The number of nitrogens with zero attached hydrogens (tertiary/aromatic N) is 6. The molecular formula is C35H44N6O4S. The number of likely N-dealkylation sites (tertiary alicyclic amines) is 3. The van der Waals surface area contributed by atoms with Gasteiger partial charge in [-0.3, -0.25) is 9.59 Å². The molecule has 3 saturated heterocycles. The predicted molar refractivity (Wildman–Crippen MR) is 176 cm³/mol. The number of aromatic nitrogens is 2. The van der Waals surface area contributed by atoms with Gasteiger partial charge in [0, 0.05) is 58.9 Å². The molecule has 2 atom stereocenters. The number of carbonyl (C=O) groups excluding carboxylic acids is 2. The van der Waals surface area contributed by atoms with Crippen LogP contribution in [0.1, 0.15) is 56.9 Å². The number of hydrogen-bond donors (Lipinski definition) is 0. The van der Waals surface area contributed by atoms with Crippen molar-refractivity contribution in [1.29, 1.82) is 0 Å². The Kier molecular flexibility index (Phi) is 9.02. The van der Waals surface area contributed by atoms with Crippen molar-refractivity contribution in [3.8, 4) is 0 Å². The van der Waals surface area contributed by atoms with Crippen LogP contribution in [0.5, 0.6) is 0 Å². The summed E-state index contributed by atoms with van der Waals surface area (Å²) in [6.07, 6.45) is 4.27. The zero-order chi connectivity index (χ0) is 32.6. The number of rotatable bonds is 8. The molecule has 0 N–H and O–H groups in total. The minimum Gasteiger partial charge on any atom is -0.339 e. The average Bonchev–Trinajstić information content (AvgIpc) is 3.63. The number of piperidine rings is 1. The van der Waals surface area contributed by atoms with Gasteiger partial charge in [0.05, 0.1) is 21.8 Å². The van der Waals surface area contributed by atoms with Gasteiger partial charge in [0.15, 0.2) is 0 Å². The molecule has 2 aromatic carbocycles. The van der Waals surface area contributed by atoms with E-state index in [2.05, 4.69) is 45.2 Å². The first-order valence-electron chi connectivity index (χ1n) is 16.2. The second-order valence-electron chi connectivity index (χ2n) is 13.4. The van der Waals surface area contributed by atoms with Crippen LogP contribution in [0.25, 0.3) is 0 Å². The minimum absolute atomic E-state index is 0.0241. The Morgan fingerprint density at radius 3 is 1.98 bits per heavy atom. The van der Waals surface area contributed by atoms with E-state index in [1.54, 1.807) is 12.1 Å². The lowest BCUT2D eigenvalue weighted by Crippen LogP contribution is -2.46. The minimum atomic E-state index is -3.55. The van der Waals surface area contributed by atoms with Crippen molar-refractivity contribution in [2.24, 2.45) is 11.8 Å². The van der Waals surface area contributed by atoms with Crippen LogP contribution < -0.4 is 0 Å². The molecule has 0 saturated carbocycles. The average molecular weight is 645 g/mol. The van der Waals surface area contributed by atoms with Crippen molar-refractivity contribution in [3.63, 3.8) is 0 Å². The van der Waals surface area contributed by atoms with Crippen LogP contribution in [0.15, 0.2) is 65.8 Å². The lowest BCUT2D eigenvalue weighted by atomic mass is 9.70. The summed E-state index contributed by atoms with van der Waals surface area (Å²) in [7, 11) is -0.554. The van der Waals surface area contributed by atoms with Crippen molar-refractivity contribution in [3.05, 3.63) is 89.0 Å². The molecule has 46 heavy (non-hydrogen) atoms. The third-order valence-corrected chi connectivity index (χ3v) is 12.3. The Bertz CT molecular complexity index is 1650. The highest BCUT2D eigenvalue weighted by atomic mass is 32.2. The summed E-state index contributed by atoms with van der Waals surface area (Å²) in [4.78, 5) is 42.0. The molecule has 2 unspecified atom stereocenters. The maximum Gasteiger partial charge on any atom is 0.257 e. The molecule has 4 heterocycles. The normalized spacial score (nSPS) is 21.5. The van der Waals surface area contributed by atoms with Crippen LogP contribution in [0.3, 0.4) is 0 Å². The largest absolute Gasteiger partial charge is 0.339 e. The van der Waals surface area contributed by atoms with E-state index in [4.69, 9.17) is 0 Å². The van der Waals surface area contributed by atoms with Crippen molar-refractivity contribution in [2.75, 3.05) is 59.9 Å². The maximum absolute atomic E-state index is 13.4. The lowest BCUT2D eigenvalue weighted by Gasteiger charge is -2.43. The van der Waals surface area contributed by atoms with Crippen LogP contribution in [0.2, 0.25) is 0 Å². The predicted octanol–water partition coefficient (Wildman–Crippen LogP) is 3.61. The maximum atomic E-state index is 13.4. The number of hydrogen-bond acceptors (Lipinski definition) is 7. The Hall–Kier alpha value is -3.67. The summed E-state index contributed by atoms with van der Waals surface area (Å²) in [5.41, 5.74) is 3.93. The fourth-order valence-corrected chi connectivity index (χ4v) is 8.55. The molecule has 0 aliphatic carbocycles. The SMILES string of the molecule is Cc1ncnc(C)c1C(=O)N1CC2CN(CCC3(c4ccccc4)CCN(C(=O)c4ccc(S(=O)(=O)N(C)C)cc4)CC3)CC2C1. The van der Waals surface area contributed by atoms with Crippen LogP contribution in [-0.2, 0) is 15.4 Å². The molecule has 3 aromatic rings. The van der Waals surface area contributed by atoms with Crippen LogP contribution >= 0.6 is 0 Å². The number of amides is 2. The molecule has 6 rings (SSSR count). The van der Waals surface area contributed by atoms with E-state index in [-0.39, 0.29) is 22.1 Å². The first-order chi connectivity index (χ1) is 22.0. The number of sulfonamides is 1. The van der Waals surface area contributed by atoms with Crippen molar-refractivity contribution >= 4 is 21.8 Å². The Morgan fingerprint density at radius 1 is 0.826 bits per heavy atom. The van der Waals surface area contributed by atoms with E-state index in [1.807, 2.05) is 23.6 Å².